The number of aliphatic hydroxyl groups is 1. The minimum Gasteiger partial charge on any atom is -0.387 e. The van der Waals surface area contributed by atoms with Crippen LogP contribution in [0.5, 0.6) is 0 Å². The van der Waals surface area contributed by atoms with E-state index in [0.29, 0.717) is 17.4 Å². The van der Waals surface area contributed by atoms with Crippen molar-refractivity contribution < 1.29 is 32.9 Å². The van der Waals surface area contributed by atoms with Gasteiger partial charge < -0.3 is 19.8 Å². The van der Waals surface area contributed by atoms with Crippen molar-refractivity contribution in [3.63, 3.8) is 0 Å². The number of likely N-dealkylation sites (N-methyl/N-ethyl adjacent to an activating group) is 1. The number of quaternary nitrogens is 1. The Hall–Kier alpha value is -1.02. The Kier molecular flexibility index (Phi) is 69.5. The molecule has 0 aromatic rings. The van der Waals surface area contributed by atoms with Gasteiger partial charge in [0.2, 0.25) is 5.91 Å². The number of allylic oxidation sites excluding steroid dienone is 3. The highest BCUT2D eigenvalue weighted by Crippen LogP contribution is 2.43. The third kappa shape index (κ3) is 72.4. The van der Waals surface area contributed by atoms with E-state index in [2.05, 4.69) is 31.3 Å². The number of phosphoric ester groups is 1. The molecule has 1 amide bonds. The zero-order valence-corrected chi connectivity index (χ0v) is 61.2. The van der Waals surface area contributed by atoms with Crippen LogP contribution in [0, 0.1) is 0 Å². The molecule has 0 heterocycles. The van der Waals surface area contributed by atoms with Crippen LogP contribution in [0.2, 0.25) is 0 Å². The average molecular weight is 1260 g/mol. The van der Waals surface area contributed by atoms with Crippen LogP contribution in [0.3, 0.4) is 0 Å². The van der Waals surface area contributed by atoms with Crippen molar-refractivity contribution in [2.24, 2.45) is 0 Å². The number of carbonyl (C=O) groups is 1. The third-order valence-electron chi connectivity index (χ3n) is 18.7. The summed E-state index contributed by atoms with van der Waals surface area (Å²) in [4.78, 5) is 23.5. The van der Waals surface area contributed by atoms with Gasteiger partial charge in [-0.15, -0.1) is 0 Å². The van der Waals surface area contributed by atoms with E-state index in [0.717, 1.165) is 38.5 Å². The van der Waals surface area contributed by atoms with Crippen LogP contribution in [0.15, 0.2) is 24.3 Å². The van der Waals surface area contributed by atoms with E-state index in [9.17, 15) is 19.4 Å². The Morgan fingerprint density at radius 2 is 0.625 bits per heavy atom. The first kappa shape index (κ1) is 87.0. The topological polar surface area (TPSA) is 105 Å². The Labute approximate surface area is 551 Å². The van der Waals surface area contributed by atoms with Crippen molar-refractivity contribution in [1.82, 2.24) is 5.32 Å². The molecule has 0 radical (unpaired) electrons. The summed E-state index contributed by atoms with van der Waals surface area (Å²) in [6.45, 7) is 4.87. The van der Waals surface area contributed by atoms with Crippen LogP contribution >= 0.6 is 7.82 Å². The number of phosphoric acid groups is 1. The normalized spacial score (nSPS) is 13.6. The Balaban J connectivity index is 3.94. The van der Waals surface area contributed by atoms with Crippen LogP contribution in [0.4, 0.5) is 0 Å². The van der Waals surface area contributed by atoms with Gasteiger partial charge in [0.15, 0.2) is 0 Å². The van der Waals surface area contributed by atoms with Gasteiger partial charge in [-0.3, -0.25) is 13.8 Å². The summed E-state index contributed by atoms with van der Waals surface area (Å²) in [6.07, 6.45) is 93.9. The highest BCUT2D eigenvalue weighted by Gasteiger charge is 2.28. The molecule has 3 unspecified atom stereocenters. The number of nitrogens with zero attached hydrogens (tertiary/aromatic N) is 1. The van der Waals surface area contributed by atoms with Gasteiger partial charge in [-0.05, 0) is 32.1 Å². The summed E-state index contributed by atoms with van der Waals surface area (Å²) in [5.41, 5.74) is 0. The third-order valence-corrected chi connectivity index (χ3v) is 19.7. The van der Waals surface area contributed by atoms with Crippen LogP contribution in [0.1, 0.15) is 425 Å². The SMILES string of the molecule is CCCCCCCCCCCCCCCCCCCCCCCC/C=C/CC/C=C/C(O)C(COP(=O)(O)OCC[N+](C)(C)C)NC(=O)CCCCCCCCCCCCCCCCCCCCCCCCCCCCCCCCCCCCCCCC. The molecule has 0 saturated carbocycles. The number of amides is 1. The van der Waals surface area contributed by atoms with Crippen molar-refractivity contribution >= 4 is 13.7 Å². The van der Waals surface area contributed by atoms with Crippen LogP contribution < -0.4 is 5.32 Å². The molecule has 0 fully saturated rings. The van der Waals surface area contributed by atoms with Crippen LogP contribution in [-0.2, 0) is 18.4 Å². The van der Waals surface area contributed by atoms with E-state index in [1.165, 1.54) is 366 Å². The minimum absolute atomic E-state index is 0.0592. The molecule has 0 spiro atoms. The van der Waals surface area contributed by atoms with Gasteiger partial charge in [-0.1, -0.05) is 411 Å². The van der Waals surface area contributed by atoms with Gasteiger partial charge in [0, 0.05) is 6.42 Å². The Morgan fingerprint density at radius 3 is 0.909 bits per heavy atom. The van der Waals surface area contributed by atoms with E-state index in [4.69, 9.17) is 9.05 Å². The first-order chi connectivity index (χ1) is 43.0. The van der Waals surface area contributed by atoms with Gasteiger partial charge in [0.25, 0.3) is 0 Å². The van der Waals surface area contributed by atoms with Gasteiger partial charge in [-0.25, -0.2) is 4.57 Å². The highest BCUT2D eigenvalue weighted by molar-refractivity contribution is 7.47. The predicted molar refractivity (Wildman–Crippen MR) is 388 cm³/mol. The summed E-state index contributed by atoms with van der Waals surface area (Å²) in [5.74, 6) is -0.176. The van der Waals surface area contributed by atoms with Crippen molar-refractivity contribution in [1.29, 1.82) is 0 Å². The molecule has 3 atom stereocenters. The molecule has 9 heteroatoms. The van der Waals surface area contributed by atoms with Gasteiger partial charge in [0.1, 0.15) is 13.2 Å². The van der Waals surface area contributed by atoms with Crippen molar-refractivity contribution in [2.45, 2.75) is 437 Å². The molecule has 0 aliphatic rings. The molecule has 524 valence electrons. The summed E-state index contributed by atoms with van der Waals surface area (Å²) >= 11 is 0. The molecule has 0 aromatic heterocycles. The first-order valence-electron chi connectivity index (χ1n) is 39.7. The number of unbranched alkanes of at least 4 members (excludes halogenated alkanes) is 60. The van der Waals surface area contributed by atoms with Crippen molar-refractivity contribution in [3.05, 3.63) is 24.3 Å². The number of nitrogens with one attached hydrogen (secondary N) is 1. The highest BCUT2D eigenvalue weighted by atomic mass is 31.2. The van der Waals surface area contributed by atoms with E-state index < -0.39 is 20.0 Å². The minimum atomic E-state index is -4.36. The lowest BCUT2D eigenvalue weighted by molar-refractivity contribution is -0.870. The molecule has 8 nitrogen and oxygen atoms in total. The molecule has 0 aromatic carbocycles. The lowest BCUT2D eigenvalue weighted by atomic mass is 10.0. The monoisotopic (exact) mass is 1260 g/mol. The van der Waals surface area contributed by atoms with E-state index in [1.54, 1.807) is 6.08 Å². The number of hydrogen-bond donors (Lipinski definition) is 3. The standard InChI is InChI=1S/C79H157N2O6P/c1-6-8-10-12-14-16-18-20-22-24-26-28-30-32-34-36-37-38-39-40-41-42-43-44-45-47-49-51-53-55-57-59-61-63-65-67-69-71-73-79(83)80-77(76-87-88(84,85)86-75-74-81(3,4)5)78(82)72-70-68-66-64-62-60-58-56-54-52-50-48-46-35-33-31-29-27-25-23-21-19-17-15-13-11-9-7-2/h62,64,70,72,77-78,82H,6-61,63,65-69,71,73-76H2,1-5H3,(H-,80,83,84,85)/p+1/b64-62+,72-70+. The lowest BCUT2D eigenvalue weighted by Gasteiger charge is -2.25. The second-order valence-electron chi connectivity index (χ2n) is 28.8. The molecule has 0 saturated heterocycles. The molecular formula is C79H158N2O6P+. The number of rotatable bonds is 75. The summed E-state index contributed by atoms with van der Waals surface area (Å²) in [7, 11) is 1.58. The van der Waals surface area contributed by atoms with Crippen LogP contribution in [-0.4, -0.2) is 73.4 Å². The van der Waals surface area contributed by atoms with Gasteiger partial charge in [-0.2, -0.15) is 0 Å². The van der Waals surface area contributed by atoms with Crippen molar-refractivity contribution in [3.8, 4) is 0 Å². The molecule has 0 rings (SSSR count). The average Bonchev–Trinajstić information content (AvgIpc) is 3.58. The lowest BCUT2D eigenvalue weighted by Crippen LogP contribution is -2.45. The fourth-order valence-corrected chi connectivity index (χ4v) is 13.3. The smallest absolute Gasteiger partial charge is 0.387 e. The van der Waals surface area contributed by atoms with E-state index in [1.807, 2.05) is 27.2 Å². The van der Waals surface area contributed by atoms with Crippen molar-refractivity contribution in [2.75, 3.05) is 40.9 Å². The molecular weight excluding hydrogens is 1100 g/mol. The molecule has 3 N–H and O–H groups in total. The van der Waals surface area contributed by atoms with Gasteiger partial charge in [0.05, 0.1) is 39.9 Å². The Bertz CT molecular complexity index is 1480. The summed E-state index contributed by atoms with van der Waals surface area (Å²) < 4.78 is 23.9. The second kappa shape index (κ2) is 70.3. The second-order valence-corrected chi connectivity index (χ2v) is 30.3. The van der Waals surface area contributed by atoms with Crippen LogP contribution in [0.25, 0.3) is 0 Å². The van der Waals surface area contributed by atoms with E-state index in [-0.39, 0.29) is 19.1 Å². The fourth-order valence-electron chi connectivity index (χ4n) is 12.5. The fraction of sp³-hybridized carbons (Fsp3) is 0.937. The van der Waals surface area contributed by atoms with E-state index >= 15 is 0 Å². The number of aliphatic hydroxyl groups excluding tert-OH is 1. The maximum Gasteiger partial charge on any atom is 0.472 e. The predicted octanol–water partition coefficient (Wildman–Crippen LogP) is 25.8. The summed E-state index contributed by atoms with van der Waals surface area (Å²) in [6, 6.07) is -0.863. The largest absolute Gasteiger partial charge is 0.472 e. The molecule has 0 aliphatic heterocycles. The molecule has 88 heavy (non-hydrogen) atoms. The summed E-state index contributed by atoms with van der Waals surface area (Å²) in [5, 5.41) is 14.0. The van der Waals surface area contributed by atoms with Gasteiger partial charge >= 0.3 is 7.82 Å². The first-order valence-corrected chi connectivity index (χ1v) is 41.2. The maximum atomic E-state index is 13.1. The Morgan fingerprint density at radius 1 is 0.375 bits per heavy atom. The zero-order valence-electron chi connectivity index (χ0n) is 60.3. The molecule has 0 aliphatic carbocycles. The maximum absolute atomic E-state index is 13.1. The zero-order chi connectivity index (χ0) is 64.1. The number of hydrogen-bond acceptors (Lipinski definition) is 5. The quantitative estimate of drug-likeness (QED) is 0.0243. The molecule has 0 bridgehead atoms. The number of carbonyl (C=O) groups excluding carboxylic acids is 1.